The minimum absolute atomic E-state index is 0.0861. The number of nitrogens with zero attached hydrogens (tertiary/aromatic N) is 1. The Hall–Kier alpha value is -0.710. The van der Waals surface area contributed by atoms with Gasteiger partial charge in [0.1, 0.15) is 0 Å². The summed E-state index contributed by atoms with van der Waals surface area (Å²) in [5.41, 5.74) is 9.13. The molecule has 0 bridgehead atoms. The van der Waals surface area contributed by atoms with E-state index in [2.05, 4.69) is 33.0 Å². The fourth-order valence-electron chi connectivity index (χ4n) is 2.80. The molecule has 3 rings (SSSR count). The lowest BCUT2D eigenvalue weighted by molar-refractivity contribution is 0.709. The van der Waals surface area contributed by atoms with Crippen LogP contribution in [0.15, 0.2) is 29.0 Å². The first-order chi connectivity index (χ1) is 9.72. The van der Waals surface area contributed by atoms with Crippen LogP contribution < -0.4 is 5.73 Å². The van der Waals surface area contributed by atoms with E-state index in [-0.39, 0.29) is 6.04 Å². The van der Waals surface area contributed by atoms with E-state index in [9.17, 15) is 0 Å². The number of hydrogen-bond donors (Lipinski definition) is 1. The van der Waals surface area contributed by atoms with E-state index in [1.54, 1.807) is 10.4 Å². The van der Waals surface area contributed by atoms with Gasteiger partial charge in [-0.2, -0.15) is 0 Å². The minimum Gasteiger partial charge on any atom is -0.323 e. The van der Waals surface area contributed by atoms with Crippen LogP contribution in [0.2, 0.25) is 0 Å². The quantitative estimate of drug-likeness (QED) is 0.832. The van der Waals surface area contributed by atoms with Gasteiger partial charge in [-0.1, -0.05) is 6.42 Å². The third-order valence-corrected chi connectivity index (χ3v) is 5.65. The van der Waals surface area contributed by atoms with Crippen molar-refractivity contribution in [2.45, 2.75) is 44.6 Å². The highest BCUT2D eigenvalue weighted by Gasteiger charge is 2.16. The summed E-state index contributed by atoms with van der Waals surface area (Å²) in [6.07, 6.45) is 11.1. The zero-order valence-electron chi connectivity index (χ0n) is 11.4. The van der Waals surface area contributed by atoms with Gasteiger partial charge in [-0.05, 0) is 71.3 Å². The lowest BCUT2D eigenvalue weighted by Crippen LogP contribution is -2.12. The molecule has 2 aromatic heterocycles. The molecule has 2 N–H and O–H groups in total. The first-order valence-electron chi connectivity index (χ1n) is 7.19. The molecule has 0 amide bonds. The number of fused-ring (bicyclic) bond motifs is 1. The van der Waals surface area contributed by atoms with Gasteiger partial charge in [0.25, 0.3) is 0 Å². The smallest absolute Gasteiger partial charge is 0.0431 e. The second-order valence-electron chi connectivity index (χ2n) is 5.48. The molecule has 0 fully saturated rings. The van der Waals surface area contributed by atoms with Gasteiger partial charge in [-0.15, -0.1) is 11.3 Å². The van der Waals surface area contributed by atoms with Gasteiger partial charge in [0, 0.05) is 32.7 Å². The van der Waals surface area contributed by atoms with Gasteiger partial charge < -0.3 is 5.73 Å². The summed E-state index contributed by atoms with van der Waals surface area (Å²) in [5.74, 6) is 0. The van der Waals surface area contributed by atoms with Crippen LogP contribution in [0.3, 0.4) is 0 Å². The molecule has 0 radical (unpaired) electrons. The van der Waals surface area contributed by atoms with Crippen molar-refractivity contribution in [2.75, 3.05) is 0 Å². The van der Waals surface area contributed by atoms with Crippen molar-refractivity contribution in [3.05, 3.63) is 49.9 Å². The van der Waals surface area contributed by atoms with E-state index in [0.29, 0.717) is 0 Å². The Morgan fingerprint density at radius 2 is 2.05 bits per heavy atom. The molecule has 0 spiro atoms. The van der Waals surface area contributed by atoms with Crippen LogP contribution in [0, 0.1) is 0 Å². The molecule has 2 nitrogen and oxygen atoms in total. The summed E-state index contributed by atoms with van der Waals surface area (Å²) in [7, 11) is 0. The average molecular weight is 351 g/mol. The molecule has 2 heterocycles. The second-order valence-corrected chi connectivity index (χ2v) is 7.56. The fraction of sp³-hybridized carbons (Fsp3) is 0.438. The second kappa shape index (κ2) is 6.37. The number of hydrogen-bond acceptors (Lipinski definition) is 3. The molecule has 1 atom stereocenters. The van der Waals surface area contributed by atoms with Crippen LogP contribution in [0.25, 0.3) is 0 Å². The Labute approximate surface area is 132 Å². The summed E-state index contributed by atoms with van der Waals surface area (Å²) in [6.45, 7) is 0. The van der Waals surface area contributed by atoms with E-state index in [4.69, 9.17) is 5.73 Å². The molecular formula is C16H19BrN2S. The van der Waals surface area contributed by atoms with Gasteiger partial charge in [-0.25, -0.2) is 0 Å². The van der Waals surface area contributed by atoms with E-state index in [1.165, 1.54) is 42.5 Å². The van der Waals surface area contributed by atoms with Crippen LogP contribution in [-0.2, 0) is 19.3 Å². The first kappa shape index (κ1) is 14.2. The van der Waals surface area contributed by atoms with E-state index >= 15 is 0 Å². The van der Waals surface area contributed by atoms with E-state index < -0.39 is 0 Å². The highest BCUT2D eigenvalue weighted by atomic mass is 79.9. The summed E-state index contributed by atoms with van der Waals surface area (Å²) in [6, 6.07) is 4.54. The third kappa shape index (κ3) is 3.30. The molecule has 1 aliphatic carbocycles. The lowest BCUT2D eigenvalue weighted by atomic mass is 10.1. The molecule has 0 saturated carbocycles. The Bertz CT molecular complexity index is 570. The van der Waals surface area contributed by atoms with Crippen molar-refractivity contribution in [2.24, 2.45) is 5.73 Å². The minimum atomic E-state index is 0.0861. The van der Waals surface area contributed by atoms with Gasteiger partial charge in [0.15, 0.2) is 0 Å². The largest absolute Gasteiger partial charge is 0.323 e. The molecular weight excluding hydrogens is 332 g/mol. The van der Waals surface area contributed by atoms with Crippen molar-refractivity contribution in [1.82, 2.24) is 4.98 Å². The van der Waals surface area contributed by atoms with E-state index in [1.807, 2.05) is 23.7 Å². The highest BCUT2D eigenvalue weighted by Crippen LogP contribution is 2.32. The average Bonchev–Trinajstić information content (AvgIpc) is 2.70. The van der Waals surface area contributed by atoms with Crippen molar-refractivity contribution in [1.29, 1.82) is 0 Å². The molecule has 20 heavy (non-hydrogen) atoms. The number of aryl methyl sites for hydroxylation is 2. The van der Waals surface area contributed by atoms with Crippen LogP contribution in [-0.4, -0.2) is 4.98 Å². The molecule has 0 aliphatic heterocycles. The monoisotopic (exact) mass is 350 g/mol. The first-order valence-corrected chi connectivity index (χ1v) is 8.80. The SMILES string of the molecule is NC(Cc1cncc(Br)c1)c1cc2c(s1)CCCCC2. The number of thiophene rings is 1. The molecule has 4 heteroatoms. The maximum Gasteiger partial charge on any atom is 0.0431 e. The molecule has 1 unspecified atom stereocenters. The summed E-state index contributed by atoms with van der Waals surface area (Å²) < 4.78 is 1.02. The Kier molecular flexibility index (Phi) is 4.54. The summed E-state index contributed by atoms with van der Waals surface area (Å²) >= 11 is 5.39. The third-order valence-electron chi connectivity index (χ3n) is 3.85. The molecule has 0 aromatic carbocycles. The Morgan fingerprint density at radius 1 is 1.20 bits per heavy atom. The normalized spacial score (nSPS) is 16.5. The van der Waals surface area contributed by atoms with Crippen LogP contribution in [0.1, 0.15) is 46.2 Å². The predicted octanol–water partition coefficient (Wildman–Crippen LogP) is 4.42. The number of halogens is 1. The van der Waals surface area contributed by atoms with Crippen molar-refractivity contribution < 1.29 is 0 Å². The van der Waals surface area contributed by atoms with Crippen LogP contribution in [0.4, 0.5) is 0 Å². The molecule has 2 aromatic rings. The van der Waals surface area contributed by atoms with Gasteiger partial charge in [0.2, 0.25) is 0 Å². The number of aromatic nitrogens is 1. The standard InChI is InChI=1S/C16H19BrN2S/c17-13-6-11(9-19-10-13)7-14(18)16-8-12-4-2-1-3-5-15(12)20-16/h6,8-10,14H,1-5,7,18H2. The maximum atomic E-state index is 6.40. The zero-order chi connectivity index (χ0) is 13.9. The number of rotatable bonds is 3. The maximum absolute atomic E-state index is 6.40. The lowest BCUT2D eigenvalue weighted by Gasteiger charge is -2.09. The van der Waals surface area contributed by atoms with Crippen molar-refractivity contribution >= 4 is 27.3 Å². The summed E-state index contributed by atoms with van der Waals surface area (Å²) in [5, 5.41) is 0. The molecule has 1 aliphatic rings. The van der Waals surface area contributed by atoms with Crippen LogP contribution >= 0.6 is 27.3 Å². The zero-order valence-corrected chi connectivity index (χ0v) is 13.8. The van der Waals surface area contributed by atoms with Gasteiger partial charge >= 0.3 is 0 Å². The van der Waals surface area contributed by atoms with Gasteiger partial charge in [0.05, 0.1) is 0 Å². The Balaban J connectivity index is 1.75. The topological polar surface area (TPSA) is 38.9 Å². The fourth-order valence-corrected chi connectivity index (χ4v) is 4.47. The molecule has 106 valence electrons. The van der Waals surface area contributed by atoms with Gasteiger partial charge in [-0.3, -0.25) is 4.98 Å². The van der Waals surface area contributed by atoms with Crippen LogP contribution in [0.5, 0.6) is 0 Å². The highest BCUT2D eigenvalue weighted by molar-refractivity contribution is 9.10. The Morgan fingerprint density at radius 3 is 2.90 bits per heavy atom. The molecule has 0 saturated heterocycles. The van der Waals surface area contributed by atoms with E-state index in [0.717, 1.165) is 10.9 Å². The van der Waals surface area contributed by atoms with Crippen molar-refractivity contribution in [3.8, 4) is 0 Å². The number of pyridine rings is 1. The number of nitrogens with two attached hydrogens (primary N) is 1. The predicted molar refractivity (Wildman–Crippen MR) is 88.1 cm³/mol. The van der Waals surface area contributed by atoms with Crippen molar-refractivity contribution in [3.63, 3.8) is 0 Å². The summed E-state index contributed by atoms with van der Waals surface area (Å²) in [4.78, 5) is 7.11.